The van der Waals surface area contributed by atoms with Gasteiger partial charge in [0.1, 0.15) is 0 Å². The normalized spacial score (nSPS) is 9.60. The van der Waals surface area contributed by atoms with Gasteiger partial charge in [0.05, 0.1) is 0 Å². The molecule has 0 saturated heterocycles. The summed E-state index contributed by atoms with van der Waals surface area (Å²) >= 11 is -0.715. The van der Waals surface area contributed by atoms with Gasteiger partial charge in [0.2, 0.25) is 0 Å². The van der Waals surface area contributed by atoms with Crippen molar-refractivity contribution in [3.8, 4) is 0 Å². The molecule has 0 aliphatic carbocycles. The summed E-state index contributed by atoms with van der Waals surface area (Å²) in [5, 5.41) is 0. The quantitative estimate of drug-likeness (QED) is 0.673. The Morgan fingerprint density at radius 2 is 1.50 bits per heavy atom. The minimum absolute atomic E-state index is 0. The first-order valence-electron chi connectivity index (χ1n) is 4.18. The summed E-state index contributed by atoms with van der Waals surface area (Å²) in [6.45, 7) is 7.06. The minimum Gasteiger partial charge on any atom is -0.412 e. The van der Waals surface area contributed by atoms with Gasteiger partial charge in [-0.3, -0.25) is 0 Å². The number of hydrogen-bond donors (Lipinski definition) is 0. The average molecular weight is 252 g/mol. The molecule has 2 heteroatoms. The molecular weight excluding hydrogens is 231 g/mol. The van der Waals surface area contributed by atoms with Crippen LogP contribution in [0.25, 0.3) is 0 Å². The van der Waals surface area contributed by atoms with Crippen LogP contribution in [0.15, 0.2) is 0 Å². The molecule has 0 aliphatic rings. The van der Waals surface area contributed by atoms with E-state index in [4.69, 9.17) is 0 Å². The van der Waals surface area contributed by atoms with Gasteiger partial charge in [-0.15, -0.1) is 0 Å². The fourth-order valence-electron chi connectivity index (χ4n) is 1.03. The van der Waals surface area contributed by atoms with Crippen molar-refractivity contribution in [2.45, 2.75) is 46.9 Å². The molecule has 0 rings (SSSR count). The van der Waals surface area contributed by atoms with Gasteiger partial charge in [0.15, 0.2) is 0 Å². The van der Waals surface area contributed by atoms with Crippen LogP contribution >= 0.6 is 0 Å². The second-order valence-electron chi connectivity index (χ2n) is 2.56. The molecule has 1 radical (unpaired) electrons. The van der Waals surface area contributed by atoms with Crippen molar-refractivity contribution in [1.29, 1.82) is 0 Å². The maximum Gasteiger partial charge on any atom is -0.412 e. The molecule has 0 aromatic carbocycles. The molecule has 0 aliphatic heterocycles. The van der Waals surface area contributed by atoms with Crippen LogP contribution in [0.3, 0.4) is 0 Å². The van der Waals surface area contributed by atoms with Crippen LogP contribution in [0.5, 0.6) is 0 Å². The Balaban J connectivity index is 0. The first-order chi connectivity index (χ1) is 4.35. The van der Waals surface area contributed by atoms with Gasteiger partial charge in [-0.25, -0.2) is 0 Å². The van der Waals surface area contributed by atoms with Crippen LogP contribution in [0.4, 0.5) is 0 Å². The van der Waals surface area contributed by atoms with E-state index < -0.39 is 19.8 Å². The summed E-state index contributed by atoms with van der Waals surface area (Å²) in [6, 6.07) is 0. The van der Waals surface area contributed by atoms with E-state index in [1.54, 1.807) is 13.3 Å². The molecule has 0 heterocycles. The van der Waals surface area contributed by atoms with Gasteiger partial charge in [-0.05, 0) is 0 Å². The van der Waals surface area contributed by atoms with Gasteiger partial charge >= 0.3 is 66.7 Å². The van der Waals surface area contributed by atoms with Gasteiger partial charge in [0, 0.05) is 0 Å². The minimum atomic E-state index is -0.715. The van der Waals surface area contributed by atoms with Crippen molar-refractivity contribution in [1.82, 2.24) is 0 Å². The molecule has 2 N–H and O–H groups in total. The summed E-state index contributed by atoms with van der Waals surface area (Å²) in [5.74, 6) is 0. The van der Waals surface area contributed by atoms with E-state index in [9.17, 15) is 0 Å². The maximum absolute atomic E-state index is 2.38. The Labute approximate surface area is 72.3 Å². The fraction of sp³-hybridized carbons (Fsp3) is 1.00. The third kappa shape index (κ3) is 6.87. The van der Waals surface area contributed by atoms with E-state index in [2.05, 4.69) is 20.8 Å². The van der Waals surface area contributed by atoms with Crippen LogP contribution in [-0.2, 0) is 0 Å². The van der Waals surface area contributed by atoms with E-state index in [1.807, 2.05) is 0 Å². The Morgan fingerprint density at radius 3 is 1.80 bits per heavy atom. The molecule has 1 nitrogen and oxygen atoms in total. The predicted octanol–water partition coefficient (Wildman–Crippen LogP) is 2.50. The zero-order chi connectivity index (χ0) is 7.11. The first kappa shape index (κ1) is 13.4. The number of rotatable bonds is 5. The van der Waals surface area contributed by atoms with Gasteiger partial charge < -0.3 is 5.48 Å². The number of unbranched alkanes of at least 4 members (excludes halogenated alkanes) is 1. The van der Waals surface area contributed by atoms with Gasteiger partial charge in [0.25, 0.3) is 0 Å². The van der Waals surface area contributed by atoms with Crippen molar-refractivity contribution in [2.24, 2.45) is 0 Å². The van der Waals surface area contributed by atoms with E-state index >= 15 is 0 Å². The molecule has 0 bridgehead atoms. The summed E-state index contributed by atoms with van der Waals surface area (Å²) in [6.07, 6.45) is 2.92. The predicted molar refractivity (Wildman–Crippen MR) is 50.0 cm³/mol. The molecule has 0 fully saturated rings. The van der Waals surface area contributed by atoms with Crippen LogP contribution in [0, 0.1) is 0 Å². The van der Waals surface area contributed by atoms with E-state index in [0.717, 1.165) is 0 Å². The molecular formula is C8H21OSn. The van der Waals surface area contributed by atoms with Gasteiger partial charge in [-0.2, -0.15) is 0 Å². The van der Waals surface area contributed by atoms with E-state index in [0.29, 0.717) is 0 Å². The van der Waals surface area contributed by atoms with E-state index in [1.165, 1.54) is 12.8 Å². The van der Waals surface area contributed by atoms with Crippen LogP contribution in [0.2, 0.25) is 13.3 Å². The number of hydrogen-bond acceptors (Lipinski definition) is 0. The van der Waals surface area contributed by atoms with Crippen molar-refractivity contribution in [3.63, 3.8) is 0 Å². The zero-order valence-corrected chi connectivity index (χ0v) is 10.4. The third-order valence-corrected chi connectivity index (χ3v) is 10.6. The van der Waals surface area contributed by atoms with Gasteiger partial charge in [-0.1, -0.05) is 0 Å². The van der Waals surface area contributed by atoms with Crippen LogP contribution in [-0.4, -0.2) is 25.2 Å². The second-order valence-corrected chi connectivity index (χ2v) is 12.3. The monoisotopic (exact) mass is 253 g/mol. The van der Waals surface area contributed by atoms with Crippen molar-refractivity contribution >= 4 is 19.8 Å². The van der Waals surface area contributed by atoms with Crippen LogP contribution in [0.1, 0.15) is 33.6 Å². The molecule has 10 heavy (non-hydrogen) atoms. The fourth-order valence-corrected chi connectivity index (χ4v) is 6.91. The van der Waals surface area contributed by atoms with Crippen molar-refractivity contribution < 1.29 is 5.48 Å². The molecule has 0 saturated carbocycles. The molecule has 0 unspecified atom stereocenters. The molecule has 0 aromatic rings. The first-order valence-corrected chi connectivity index (χ1v) is 10.2. The largest absolute Gasteiger partial charge is 0.412 e. The molecule has 0 aromatic heterocycles. The van der Waals surface area contributed by atoms with Crippen LogP contribution < -0.4 is 0 Å². The summed E-state index contributed by atoms with van der Waals surface area (Å²) in [7, 11) is 0. The Hall–Kier alpha value is 0.759. The second kappa shape index (κ2) is 9.76. The topological polar surface area (TPSA) is 31.5 Å². The molecule has 0 amide bonds. The third-order valence-electron chi connectivity index (χ3n) is 1.88. The average Bonchev–Trinajstić information content (AvgIpc) is 1.91. The van der Waals surface area contributed by atoms with E-state index in [-0.39, 0.29) is 5.48 Å². The standard InChI is InChI=1S/C4H9.2C2H5.H2O.Sn/c1-3-4-2;2*1-2;;/h1,3-4H2,2H3;2*1H2,2H3;1H2;. The smallest absolute Gasteiger partial charge is 0.412 e. The SMILES string of the molecule is CCC[CH2][Sn]([CH2]C)[CH2]C.O. The summed E-state index contributed by atoms with van der Waals surface area (Å²) < 4.78 is 4.78. The molecule has 0 spiro atoms. The summed E-state index contributed by atoms with van der Waals surface area (Å²) in [5.41, 5.74) is 0. The van der Waals surface area contributed by atoms with Crippen molar-refractivity contribution in [2.75, 3.05) is 0 Å². The molecule has 63 valence electrons. The zero-order valence-electron chi connectivity index (χ0n) is 7.54. The maximum atomic E-state index is 2.38. The Bertz CT molecular complexity index is 53.2. The van der Waals surface area contributed by atoms with Crippen molar-refractivity contribution in [3.05, 3.63) is 0 Å². The summed E-state index contributed by atoms with van der Waals surface area (Å²) in [4.78, 5) is 0. The Kier molecular flexibility index (Phi) is 13.0. The Morgan fingerprint density at radius 1 is 1.00 bits per heavy atom. The molecule has 0 atom stereocenters.